The normalized spacial score (nSPS) is 26.2. The molecule has 1 saturated heterocycles. The lowest BCUT2D eigenvalue weighted by molar-refractivity contribution is 0.0724. The Labute approximate surface area is 88.9 Å². The first-order valence-corrected chi connectivity index (χ1v) is 5.37. The Hall–Kier alpha value is -0.970. The topological polar surface area (TPSA) is 42.7 Å². The molecule has 15 heavy (non-hydrogen) atoms. The summed E-state index contributed by atoms with van der Waals surface area (Å²) in [6, 6.07) is 0. The Balaban J connectivity index is 2.21. The predicted molar refractivity (Wildman–Crippen MR) is 55.1 cm³/mol. The number of nitrogens with zero attached hydrogens (tertiary/aromatic N) is 3. The molecular formula is C10H17FN4. The smallest absolute Gasteiger partial charge is 0.155 e. The summed E-state index contributed by atoms with van der Waals surface area (Å²) < 4.78 is 16.2. The molecule has 1 aliphatic heterocycles. The lowest BCUT2D eigenvalue weighted by Crippen LogP contribution is -2.40. The zero-order valence-electron chi connectivity index (χ0n) is 9.20. The molecule has 0 aliphatic carbocycles. The Morgan fingerprint density at radius 2 is 2.47 bits per heavy atom. The number of nitrogens with one attached hydrogen (secondary N) is 1. The van der Waals surface area contributed by atoms with Gasteiger partial charge in [-0.05, 0) is 26.3 Å². The third kappa shape index (κ3) is 1.88. The van der Waals surface area contributed by atoms with Gasteiger partial charge in [0.15, 0.2) is 5.67 Å². The van der Waals surface area contributed by atoms with E-state index in [0.717, 1.165) is 25.9 Å². The minimum absolute atomic E-state index is 0.0171. The molecule has 5 heteroatoms. The van der Waals surface area contributed by atoms with Gasteiger partial charge in [-0.15, -0.1) is 5.10 Å². The molecule has 1 N–H and O–H groups in total. The van der Waals surface area contributed by atoms with Crippen LogP contribution in [0, 0.1) is 5.92 Å². The fraction of sp³-hybridized carbons (Fsp3) is 0.800. The van der Waals surface area contributed by atoms with Crippen LogP contribution in [0.5, 0.6) is 0 Å². The molecule has 2 unspecified atom stereocenters. The van der Waals surface area contributed by atoms with Crippen molar-refractivity contribution >= 4 is 0 Å². The number of aryl methyl sites for hydroxylation is 1. The summed E-state index contributed by atoms with van der Waals surface area (Å²) in [6.45, 7) is 3.36. The highest BCUT2D eigenvalue weighted by atomic mass is 19.1. The van der Waals surface area contributed by atoms with Gasteiger partial charge in [0.05, 0.1) is 11.9 Å². The van der Waals surface area contributed by atoms with Crippen LogP contribution in [0.15, 0.2) is 6.20 Å². The molecule has 0 spiro atoms. The van der Waals surface area contributed by atoms with Crippen molar-refractivity contribution in [2.75, 3.05) is 13.1 Å². The first kappa shape index (κ1) is 10.5. The van der Waals surface area contributed by atoms with Gasteiger partial charge in [0.25, 0.3) is 0 Å². The fourth-order valence-corrected chi connectivity index (χ4v) is 2.26. The molecule has 0 saturated carbocycles. The van der Waals surface area contributed by atoms with E-state index in [-0.39, 0.29) is 5.92 Å². The monoisotopic (exact) mass is 212 g/mol. The van der Waals surface area contributed by atoms with Gasteiger partial charge in [-0.1, -0.05) is 5.21 Å². The number of alkyl halides is 1. The molecule has 2 rings (SSSR count). The maximum Gasteiger partial charge on any atom is 0.155 e. The minimum Gasteiger partial charge on any atom is -0.316 e. The van der Waals surface area contributed by atoms with Gasteiger partial charge in [0, 0.05) is 19.5 Å². The number of halogens is 1. The average Bonchev–Trinajstić information content (AvgIpc) is 2.66. The lowest BCUT2D eigenvalue weighted by atomic mass is 9.83. The minimum atomic E-state index is -1.34. The number of piperidine rings is 1. The van der Waals surface area contributed by atoms with Crippen LogP contribution in [0.2, 0.25) is 0 Å². The molecule has 2 heterocycles. The summed E-state index contributed by atoms with van der Waals surface area (Å²) >= 11 is 0. The molecule has 84 valence electrons. The van der Waals surface area contributed by atoms with Gasteiger partial charge in [-0.2, -0.15) is 0 Å². The lowest BCUT2D eigenvalue weighted by Gasteiger charge is -2.33. The van der Waals surface area contributed by atoms with Gasteiger partial charge in [-0.3, -0.25) is 0 Å². The van der Waals surface area contributed by atoms with Crippen molar-refractivity contribution in [3.63, 3.8) is 0 Å². The van der Waals surface area contributed by atoms with Crippen LogP contribution in [-0.4, -0.2) is 28.1 Å². The Bertz CT molecular complexity index is 328. The largest absolute Gasteiger partial charge is 0.316 e. The Kier molecular flexibility index (Phi) is 2.73. The molecule has 0 bridgehead atoms. The maximum absolute atomic E-state index is 14.7. The third-order valence-corrected chi connectivity index (χ3v) is 3.28. The molecule has 4 nitrogen and oxygen atoms in total. The summed E-state index contributed by atoms with van der Waals surface area (Å²) in [5, 5.41) is 10.8. The van der Waals surface area contributed by atoms with Crippen LogP contribution in [0.25, 0.3) is 0 Å². The third-order valence-electron chi connectivity index (χ3n) is 3.28. The van der Waals surface area contributed by atoms with E-state index in [1.54, 1.807) is 14.0 Å². The quantitative estimate of drug-likeness (QED) is 0.795. The number of hydrogen-bond donors (Lipinski definition) is 1. The van der Waals surface area contributed by atoms with Crippen LogP contribution >= 0.6 is 0 Å². The van der Waals surface area contributed by atoms with Gasteiger partial charge in [0.1, 0.15) is 0 Å². The molecular weight excluding hydrogens is 195 g/mol. The summed E-state index contributed by atoms with van der Waals surface area (Å²) in [5.74, 6) is 0.0171. The average molecular weight is 212 g/mol. The van der Waals surface area contributed by atoms with E-state index in [1.807, 2.05) is 0 Å². The highest BCUT2D eigenvalue weighted by molar-refractivity contribution is 5.09. The SMILES string of the molecule is Cn1nncc1C(C)(F)C1CCCNC1. The zero-order valence-corrected chi connectivity index (χ0v) is 9.20. The van der Waals surface area contributed by atoms with E-state index >= 15 is 0 Å². The van der Waals surface area contributed by atoms with E-state index in [9.17, 15) is 4.39 Å². The van der Waals surface area contributed by atoms with E-state index in [1.165, 1.54) is 10.9 Å². The van der Waals surface area contributed by atoms with Crippen LogP contribution in [0.4, 0.5) is 4.39 Å². The van der Waals surface area contributed by atoms with Crippen molar-refractivity contribution in [2.45, 2.75) is 25.4 Å². The highest BCUT2D eigenvalue weighted by Gasteiger charge is 2.39. The fourth-order valence-electron chi connectivity index (χ4n) is 2.26. The van der Waals surface area contributed by atoms with Crippen LogP contribution in [0.1, 0.15) is 25.5 Å². The van der Waals surface area contributed by atoms with E-state index in [2.05, 4.69) is 15.6 Å². The summed E-state index contributed by atoms with van der Waals surface area (Å²) in [6.07, 6.45) is 3.48. The van der Waals surface area contributed by atoms with Gasteiger partial charge >= 0.3 is 0 Å². The highest BCUT2D eigenvalue weighted by Crippen LogP contribution is 2.36. The standard InChI is InChI=1S/C10H17FN4/c1-10(11,8-4-3-5-12-6-8)9-7-13-14-15(9)2/h7-8,12H,3-6H2,1-2H3. The summed E-state index contributed by atoms with van der Waals surface area (Å²) in [4.78, 5) is 0. The number of rotatable bonds is 2. The van der Waals surface area contributed by atoms with Crippen LogP contribution < -0.4 is 5.32 Å². The predicted octanol–water partition coefficient (Wildman–Crippen LogP) is 0.999. The molecule has 1 fully saturated rings. The molecule has 0 aromatic carbocycles. The molecule has 1 aromatic heterocycles. The van der Waals surface area contributed by atoms with E-state index in [0.29, 0.717) is 5.69 Å². The number of aromatic nitrogens is 3. The van der Waals surface area contributed by atoms with Crippen molar-refractivity contribution in [2.24, 2.45) is 13.0 Å². The second kappa shape index (κ2) is 3.89. The second-order valence-electron chi connectivity index (χ2n) is 4.36. The maximum atomic E-state index is 14.7. The van der Waals surface area contributed by atoms with Crippen molar-refractivity contribution in [3.05, 3.63) is 11.9 Å². The van der Waals surface area contributed by atoms with Crippen molar-refractivity contribution < 1.29 is 4.39 Å². The first-order chi connectivity index (χ1) is 7.12. The van der Waals surface area contributed by atoms with Gasteiger partial charge < -0.3 is 5.32 Å². The van der Waals surface area contributed by atoms with Gasteiger partial charge in [0.2, 0.25) is 0 Å². The first-order valence-electron chi connectivity index (χ1n) is 5.37. The van der Waals surface area contributed by atoms with Crippen molar-refractivity contribution in [3.8, 4) is 0 Å². The molecule has 0 amide bonds. The van der Waals surface area contributed by atoms with Crippen LogP contribution in [-0.2, 0) is 12.7 Å². The molecule has 0 radical (unpaired) electrons. The zero-order chi connectivity index (χ0) is 10.9. The molecule has 1 aromatic rings. The Morgan fingerprint density at radius 1 is 1.67 bits per heavy atom. The Morgan fingerprint density at radius 3 is 3.00 bits per heavy atom. The van der Waals surface area contributed by atoms with Crippen LogP contribution in [0.3, 0.4) is 0 Å². The summed E-state index contributed by atoms with van der Waals surface area (Å²) in [5.41, 5.74) is -0.776. The summed E-state index contributed by atoms with van der Waals surface area (Å²) in [7, 11) is 1.73. The molecule has 2 atom stereocenters. The van der Waals surface area contributed by atoms with Crippen molar-refractivity contribution in [1.29, 1.82) is 0 Å². The van der Waals surface area contributed by atoms with Crippen molar-refractivity contribution in [1.82, 2.24) is 20.3 Å². The van der Waals surface area contributed by atoms with Gasteiger partial charge in [-0.25, -0.2) is 9.07 Å². The van der Waals surface area contributed by atoms with E-state index < -0.39 is 5.67 Å². The second-order valence-corrected chi connectivity index (χ2v) is 4.36. The molecule has 1 aliphatic rings. The van der Waals surface area contributed by atoms with E-state index in [4.69, 9.17) is 0 Å². The number of hydrogen-bond acceptors (Lipinski definition) is 3.